The molecule has 7 nitrogen and oxygen atoms in total. The Morgan fingerprint density at radius 2 is 1.63 bits per heavy atom. The van der Waals surface area contributed by atoms with Crippen LogP contribution in [0.15, 0.2) is 24.3 Å². The topological polar surface area (TPSA) is 93.7 Å². The van der Waals surface area contributed by atoms with E-state index in [9.17, 15) is 14.4 Å². The van der Waals surface area contributed by atoms with Crippen LogP contribution in [0.2, 0.25) is 0 Å². The Balaban J connectivity index is 2.56. The third-order valence-corrected chi connectivity index (χ3v) is 3.44. The van der Waals surface area contributed by atoms with Gasteiger partial charge in [-0.05, 0) is 44.7 Å². The summed E-state index contributed by atoms with van der Waals surface area (Å²) in [6, 6.07) is 6.79. The molecule has 2 N–H and O–H groups in total. The molecule has 0 unspecified atom stereocenters. The maximum atomic E-state index is 12.0. The lowest BCUT2D eigenvalue weighted by Crippen LogP contribution is -2.50. The molecule has 0 saturated carbocycles. The van der Waals surface area contributed by atoms with Crippen molar-refractivity contribution >= 4 is 17.9 Å². The summed E-state index contributed by atoms with van der Waals surface area (Å²) in [7, 11) is 0. The van der Waals surface area contributed by atoms with Crippen molar-refractivity contribution in [3.05, 3.63) is 29.8 Å². The molecule has 0 aromatic heterocycles. The van der Waals surface area contributed by atoms with Crippen molar-refractivity contribution in [3.63, 3.8) is 0 Å². The van der Waals surface area contributed by atoms with Crippen LogP contribution in [0.5, 0.6) is 5.75 Å². The monoisotopic (exact) mass is 378 g/mol. The van der Waals surface area contributed by atoms with E-state index in [1.165, 1.54) is 6.92 Å². The number of esters is 1. The number of rotatable bonds is 5. The molecule has 1 rings (SSSR count). The number of nitrogens with one attached hydrogen (secondary N) is 2. The molecule has 0 radical (unpaired) electrons. The molecule has 0 spiro atoms. The van der Waals surface area contributed by atoms with E-state index in [1.807, 2.05) is 39.0 Å². The maximum absolute atomic E-state index is 12.0. The summed E-state index contributed by atoms with van der Waals surface area (Å²) in [6.07, 6.45) is -1.12. The summed E-state index contributed by atoms with van der Waals surface area (Å²) in [5.41, 5.74) is 0.328. The molecule has 1 aromatic rings. The summed E-state index contributed by atoms with van der Waals surface area (Å²) < 4.78 is 10.6. The zero-order valence-corrected chi connectivity index (χ0v) is 17.1. The van der Waals surface area contributed by atoms with Crippen LogP contribution < -0.4 is 15.4 Å². The lowest BCUT2D eigenvalue weighted by atomic mass is 9.86. The first kappa shape index (κ1) is 22.5. The number of hydrogen-bond acceptors (Lipinski definition) is 5. The minimum atomic E-state index is -1.12. The van der Waals surface area contributed by atoms with Crippen LogP contribution in [0.4, 0.5) is 4.79 Å². The normalized spacial score (nSPS) is 12.7. The third kappa shape index (κ3) is 8.11. The first-order valence-electron chi connectivity index (χ1n) is 8.84. The average Bonchev–Trinajstić information content (AvgIpc) is 2.50. The van der Waals surface area contributed by atoms with Gasteiger partial charge in [-0.1, -0.05) is 39.0 Å². The highest BCUT2D eigenvalue weighted by Gasteiger charge is 2.23. The van der Waals surface area contributed by atoms with Gasteiger partial charge in [0.15, 0.2) is 12.7 Å². The predicted octanol–water partition coefficient (Wildman–Crippen LogP) is 2.92. The summed E-state index contributed by atoms with van der Waals surface area (Å²) in [4.78, 5) is 35.6. The quantitative estimate of drug-likeness (QED) is 0.769. The first-order chi connectivity index (χ1) is 12.3. The Morgan fingerprint density at radius 1 is 1.04 bits per heavy atom. The highest BCUT2D eigenvalue weighted by Crippen LogP contribution is 2.30. The molecule has 0 heterocycles. The van der Waals surface area contributed by atoms with Crippen molar-refractivity contribution in [3.8, 4) is 5.75 Å². The molecular weight excluding hydrogens is 348 g/mol. The molecule has 0 aliphatic carbocycles. The summed E-state index contributed by atoms with van der Waals surface area (Å²) in [6.45, 7) is 12.5. The fourth-order valence-corrected chi connectivity index (χ4v) is 2.22. The number of para-hydroxylation sites is 1. The number of hydrogen-bond donors (Lipinski definition) is 2. The molecule has 0 saturated heterocycles. The van der Waals surface area contributed by atoms with Gasteiger partial charge in [0.25, 0.3) is 5.91 Å². The Labute approximate surface area is 160 Å². The minimum Gasteiger partial charge on any atom is -0.482 e. The maximum Gasteiger partial charge on any atom is 0.344 e. The van der Waals surface area contributed by atoms with Crippen LogP contribution >= 0.6 is 0 Å². The standard InChI is InChI=1S/C20H30N2O5/c1-13(17(24)21-18(25)22-20(5,6)7)27-16(23)12-26-15-11-9-8-10-14(15)19(2,3)4/h8-11,13H,12H2,1-7H3,(H2,21,22,24,25)/t13-/m0/s1. The zero-order valence-electron chi connectivity index (χ0n) is 17.1. The van der Waals surface area contributed by atoms with Gasteiger partial charge >= 0.3 is 12.0 Å². The van der Waals surface area contributed by atoms with E-state index in [0.717, 1.165) is 5.56 Å². The van der Waals surface area contributed by atoms with E-state index in [0.29, 0.717) is 5.75 Å². The fraction of sp³-hybridized carbons (Fsp3) is 0.550. The molecule has 150 valence electrons. The van der Waals surface area contributed by atoms with Gasteiger partial charge in [-0.15, -0.1) is 0 Å². The van der Waals surface area contributed by atoms with Crippen LogP contribution in [-0.4, -0.2) is 36.2 Å². The summed E-state index contributed by atoms with van der Waals surface area (Å²) in [5.74, 6) is -0.818. The highest BCUT2D eigenvalue weighted by atomic mass is 16.6. The van der Waals surface area contributed by atoms with Crippen LogP contribution in [0.25, 0.3) is 0 Å². The summed E-state index contributed by atoms with van der Waals surface area (Å²) in [5, 5.41) is 4.73. The van der Waals surface area contributed by atoms with E-state index in [1.54, 1.807) is 26.8 Å². The van der Waals surface area contributed by atoms with Crippen molar-refractivity contribution in [2.75, 3.05) is 6.61 Å². The van der Waals surface area contributed by atoms with Gasteiger partial charge in [-0.3, -0.25) is 10.1 Å². The fourth-order valence-electron chi connectivity index (χ4n) is 2.22. The molecule has 3 amide bonds. The predicted molar refractivity (Wildman–Crippen MR) is 103 cm³/mol. The van der Waals surface area contributed by atoms with E-state index in [2.05, 4.69) is 10.6 Å². The van der Waals surface area contributed by atoms with Crippen molar-refractivity contribution in [1.82, 2.24) is 10.6 Å². The van der Waals surface area contributed by atoms with Gasteiger partial charge in [-0.25, -0.2) is 9.59 Å². The van der Waals surface area contributed by atoms with Gasteiger partial charge in [0.2, 0.25) is 0 Å². The minimum absolute atomic E-state index is 0.145. The Bertz CT molecular complexity index is 686. The second-order valence-electron chi connectivity index (χ2n) is 8.36. The Hall–Kier alpha value is -2.57. The lowest BCUT2D eigenvalue weighted by Gasteiger charge is -2.23. The van der Waals surface area contributed by atoms with E-state index < -0.39 is 29.6 Å². The lowest BCUT2D eigenvalue weighted by molar-refractivity contribution is -0.156. The van der Waals surface area contributed by atoms with Gasteiger partial charge in [-0.2, -0.15) is 0 Å². The van der Waals surface area contributed by atoms with Crippen molar-refractivity contribution < 1.29 is 23.9 Å². The highest BCUT2D eigenvalue weighted by molar-refractivity contribution is 5.97. The zero-order chi connectivity index (χ0) is 20.8. The molecule has 1 atom stereocenters. The number of carbonyl (C=O) groups excluding carboxylic acids is 3. The number of carbonyl (C=O) groups is 3. The molecule has 1 aromatic carbocycles. The van der Waals surface area contributed by atoms with Crippen LogP contribution in [-0.2, 0) is 19.7 Å². The number of ether oxygens (including phenoxy) is 2. The van der Waals surface area contributed by atoms with Crippen molar-refractivity contribution in [1.29, 1.82) is 0 Å². The van der Waals surface area contributed by atoms with Crippen molar-refractivity contribution in [2.24, 2.45) is 0 Å². The molecular formula is C20H30N2O5. The van der Waals surface area contributed by atoms with Crippen LogP contribution in [0.3, 0.4) is 0 Å². The third-order valence-electron chi connectivity index (χ3n) is 3.44. The molecule has 0 fully saturated rings. The second-order valence-corrected chi connectivity index (χ2v) is 8.36. The van der Waals surface area contributed by atoms with Crippen LogP contribution in [0.1, 0.15) is 54.0 Å². The Kier molecular flexibility index (Phi) is 7.39. The van der Waals surface area contributed by atoms with Crippen molar-refractivity contribution in [2.45, 2.75) is 65.5 Å². The van der Waals surface area contributed by atoms with E-state index >= 15 is 0 Å². The van der Waals surface area contributed by atoms with E-state index in [4.69, 9.17) is 9.47 Å². The second kappa shape index (κ2) is 8.88. The van der Waals surface area contributed by atoms with E-state index in [-0.39, 0.29) is 12.0 Å². The first-order valence-corrected chi connectivity index (χ1v) is 8.84. The Morgan fingerprint density at radius 3 is 2.19 bits per heavy atom. The molecule has 0 bridgehead atoms. The molecule has 0 aliphatic heterocycles. The van der Waals surface area contributed by atoms with Crippen LogP contribution in [0, 0.1) is 0 Å². The van der Waals surface area contributed by atoms with Gasteiger partial charge < -0.3 is 14.8 Å². The largest absolute Gasteiger partial charge is 0.482 e. The summed E-state index contributed by atoms with van der Waals surface area (Å²) >= 11 is 0. The molecule has 27 heavy (non-hydrogen) atoms. The number of amides is 3. The number of imide groups is 1. The number of urea groups is 1. The molecule has 7 heteroatoms. The van der Waals surface area contributed by atoms with Gasteiger partial charge in [0, 0.05) is 5.54 Å². The van der Waals surface area contributed by atoms with Gasteiger partial charge in [0.05, 0.1) is 0 Å². The van der Waals surface area contributed by atoms with Gasteiger partial charge in [0.1, 0.15) is 5.75 Å². The average molecular weight is 378 g/mol. The molecule has 0 aliphatic rings. The SMILES string of the molecule is C[C@H](OC(=O)COc1ccccc1C(C)(C)C)C(=O)NC(=O)NC(C)(C)C. The smallest absolute Gasteiger partial charge is 0.344 e. The number of benzene rings is 1.